The Labute approximate surface area is 122 Å². The van der Waals surface area contributed by atoms with Crippen LogP contribution in [0.2, 0.25) is 0 Å². The molecule has 0 N–H and O–H groups in total. The lowest BCUT2D eigenvalue weighted by Crippen LogP contribution is -2.13. The van der Waals surface area contributed by atoms with Gasteiger partial charge in [0.15, 0.2) is 5.78 Å². The molecule has 0 bridgehead atoms. The first kappa shape index (κ1) is 14.7. The van der Waals surface area contributed by atoms with Gasteiger partial charge in [-0.3, -0.25) is 4.79 Å². The number of allylic oxidation sites excluding steroid dienone is 4. The molecule has 2 rings (SSSR count). The summed E-state index contributed by atoms with van der Waals surface area (Å²) >= 11 is 0. The lowest BCUT2D eigenvalue weighted by atomic mass is 9.98. The Morgan fingerprint density at radius 2 is 1.81 bits per heavy atom. The van der Waals surface area contributed by atoms with Gasteiger partial charge in [0.05, 0.1) is 12.7 Å². The summed E-state index contributed by atoms with van der Waals surface area (Å²) in [4.78, 5) is 28.2. The molecular formula is C16H15NO4. The van der Waals surface area contributed by atoms with E-state index in [0.29, 0.717) is 28.2 Å². The van der Waals surface area contributed by atoms with Crippen molar-refractivity contribution in [3.8, 4) is 5.75 Å². The van der Waals surface area contributed by atoms with Crippen molar-refractivity contribution in [2.24, 2.45) is 5.16 Å². The number of carbonyl (C=O) groups is 2. The number of ketones is 1. The molecule has 0 fully saturated rings. The lowest BCUT2D eigenvalue weighted by Gasteiger charge is -2.10. The number of rotatable bonds is 3. The van der Waals surface area contributed by atoms with Gasteiger partial charge in [-0.05, 0) is 55.3 Å². The summed E-state index contributed by atoms with van der Waals surface area (Å²) in [6, 6.07) is 6.60. The second kappa shape index (κ2) is 6.17. The summed E-state index contributed by atoms with van der Waals surface area (Å²) in [6.45, 7) is 3.49. The molecule has 1 aromatic carbocycles. The van der Waals surface area contributed by atoms with E-state index in [0.717, 1.165) is 0 Å². The van der Waals surface area contributed by atoms with Crippen LogP contribution in [0, 0.1) is 0 Å². The maximum absolute atomic E-state index is 11.9. The Hall–Kier alpha value is -2.69. The van der Waals surface area contributed by atoms with Crippen molar-refractivity contribution in [1.29, 1.82) is 0 Å². The minimum atomic E-state index is -0.584. The molecule has 0 radical (unpaired) electrons. The Morgan fingerprint density at radius 3 is 2.43 bits per heavy atom. The largest absolute Gasteiger partial charge is 0.497 e. The van der Waals surface area contributed by atoms with Crippen LogP contribution in [0.1, 0.15) is 24.2 Å². The van der Waals surface area contributed by atoms with Crippen molar-refractivity contribution in [1.82, 2.24) is 0 Å². The summed E-state index contributed by atoms with van der Waals surface area (Å²) < 4.78 is 5.05. The predicted molar refractivity (Wildman–Crippen MR) is 78.4 cm³/mol. The molecule has 5 heteroatoms. The monoisotopic (exact) mass is 285 g/mol. The quantitative estimate of drug-likeness (QED) is 0.486. The fourth-order valence-electron chi connectivity index (χ4n) is 1.95. The van der Waals surface area contributed by atoms with Crippen LogP contribution in [-0.4, -0.2) is 24.6 Å². The molecule has 0 heterocycles. The molecule has 21 heavy (non-hydrogen) atoms. The first-order valence-electron chi connectivity index (χ1n) is 6.36. The molecule has 0 atom stereocenters. The molecule has 108 valence electrons. The topological polar surface area (TPSA) is 65.0 Å². The Kier molecular flexibility index (Phi) is 4.33. The van der Waals surface area contributed by atoms with E-state index in [2.05, 4.69) is 5.16 Å². The van der Waals surface area contributed by atoms with Gasteiger partial charge in [0, 0.05) is 0 Å². The second-order valence-electron chi connectivity index (χ2n) is 4.61. The van der Waals surface area contributed by atoms with Crippen molar-refractivity contribution in [3.05, 3.63) is 53.1 Å². The summed E-state index contributed by atoms with van der Waals surface area (Å²) in [7, 11) is 1.52. The van der Waals surface area contributed by atoms with Gasteiger partial charge >= 0.3 is 5.97 Å². The van der Waals surface area contributed by atoms with Gasteiger partial charge in [0.25, 0.3) is 0 Å². The third kappa shape index (κ3) is 3.45. The van der Waals surface area contributed by atoms with Gasteiger partial charge in [-0.25, -0.2) is 4.79 Å². The number of oxime groups is 1. The maximum atomic E-state index is 11.9. The number of methoxy groups -OCH3 is 1. The van der Waals surface area contributed by atoms with Crippen LogP contribution in [0.15, 0.2) is 52.7 Å². The zero-order valence-corrected chi connectivity index (χ0v) is 12.0. The molecule has 0 saturated heterocycles. The zero-order valence-electron chi connectivity index (χ0n) is 12.0. The van der Waals surface area contributed by atoms with Crippen molar-refractivity contribution in [2.75, 3.05) is 7.11 Å². The molecule has 1 aliphatic rings. The van der Waals surface area contributed by atoms with Crippen LogP contribution in [0.25, 0.3) is 0 Å². The standard InChI is InChI=1S/C16H15NO4/c1-10-7-13(18)8-11(2)15(10)17-21-16(19)12-5-4-6-14(9-12)20-3/h4-9H,1-3H3. The van der Waals surface area contributed by atoms with Crippen LogP contribution >= 0.6 is 0 Å². The number of nitrogens with zero attached hydrogens (tertiary/aromatic N) is 1. The van der Waals surface area contributed by atoms with Crippen molar-refractivity contribution in [2.45, 2.75) is 13.8 Å². The highest BCUT2D eigenvalue weighted by molar-refractivity contribution is 6.22. The second-order valence-corrected chi connectivity index (χ2v) is 4.61. The molecular weight excluding hydrogens is 270 g/mol. The molecule has 0 aliphatic heterocycles. The summed E-state index contributed by atoms with van der Waals surface area (Å²) in [5.74, 6) is -0.116. The van der Waals surface area contributed by atoms with E-state index in [4.69, 9.17) is 9.57 Å². The third-order valence-corrected chi connectivity index (χ3v) is 2.99. The van der Waals surface area contributed by atoms with Gasteiger partial charge < -0.3 is 9.57 Å². The van der Waals surface area contributed by atoms with Crippen LogP contribution in [-0.2, 0) is 9.63 Å². The van der Waals surface area contributed by atoms with E-state index < -0.39 is 5.97 Å². The molecule has 0 unspecified atom stereocenters. The van der Waals surface area contributed by atoms with E-state index in [1.807, 2.05) is 0 Å². The number of ether oxygens (including phenoxy) is 1. The molecule has 1 aromatic rings. The lowest BCUT2D eigenvalue weighted by molar-refractivity contribution is -0.110. The van der Waals surface area contributed by atoms with Crippen molar-refractivity contribution < 1.29 is 19.2 Å². The Bertz CT molecular complexity index is 659. The average molecular weight is 285 g/mol. The summed E-state index contributed by atoms with van der Waals surface area (Å²) in [6.07, 6.45) is 2.90. The number of benzene rings is 1. The van der Waals surface area contributed by atoms with Crippen molar-refractivity contribution in [3.63, 3.8) is 0 Å². The first-order valence-corrected chi connectivity index (χ1v) is 6.36. The third-order valence-electron chi connectivity index (χ3n) is 2.99. The SMILES string of the molecule is COc1cccc(C(=O)ON=C2C(C)=CC(=O)C=C2C)c1. The molecule has 0 spiro atoms. The van der Waals surface area contributed by atoms with Gasteiger partial charge in [-0.15, -0.1) is 0 Å². The predicted octanol–water partition coefficient (Wildman–Crippen LogP) is 2.68. The van der Waals surface area contributed by atoms with E-state index in [1.54, 1.807) is 38.1 Å². The van der Waals surface area contributed by atoms with E-state index in [1.165, 1.54) is 19.3 Å². The normalized spacial score (nSPS) is 14.2. The highest BCUT2D eigenvalue weighted by atomic mass is 16.7. The number of hydrogen-bond acceptors (Lipinski definition) is 5. The highest BCUT2D eigenvalue weighted by Crippen LogP contribution is 2.16. The fourth-order valence-corrected chi connectivity index (χ4v) is 1.95. The summed E-state index contributed by atoms with van der Waals surface area (Å²) in [5, 5.41) is 3.85. The highest BCUT2D eigenvalue weighted by Gasteiger charge is 2.15. The van der Waals surface area contributed by atoms with Crippen LogP contribution in [0.3, 0.4) is 0 Å². The Balaban J connectivity index is 2.17. The van der Waals surface area contributed by atoms with Gasteiger partial charge in [0.2, 0.25) is 0 Å². The van der Waals surface area contributed by atoms with E-state index in [-0.39, 0.29) is 5.78 Å². The van der Waals surface area contributed by atoms with E-state index >= 15 is 0 Å². The van der Waals surface area contributed by atoms with Crippen LogP contribution < -0.4 is 4.74 Å². The number of hydrogen-bond donors (Lipinski definition) is 0. The number of carbonyl (C=O) groups excluding carboxylic acids is 2. The Morgan fingerprint density at radius 1 is 1.14 bits per heavy atom. The first-order chi connectivity index (χ1) is 10.0. The van der Waals surface area contributed by atoms with E-state index in [9.17, 15) is 9.59 Å². The van der Waals surface area contributed by atoms with Crippen LogP contribution in [0.4, 0.5) is 0 Å². The molecule has 0 saturated carbocycles. The maximum Gasteiger partial charge on any atom is 0.365 e. The minimum Gasteiger partial charge on any atom is -0.497 e. The molecule has 5 nitrogen and oxygen atoms in total. The summed E-state index contributed by atoms with van der Waals surface area (Å²) in [5.41, 5.74) is 2.16. The van der Waals surface area contributed by atoms with Gasteiger partial charge in [-0.2, -0.15) is 0 Å². The zero-order chi connectivity index (χ0) is 15.4. The van der Waals surface area contributed by atoms with Crippen LogP contribution in [0.5, 0.6) is 5.75 Å². The van der Waals surface area contributed by atoms with Gasteiger partial charge in [0.1, 0.15) is 11.5 Å². The molecule has 1 aliphatic carbocycles. The fraction of sp³-hybridized carbons (Fsp3) is 0.188. The minimum absolute atomic E-state index is 0.0944. The van der Waals surface area contributed by atoms with Crippen molar-refractivity contribution >= 4 is 17.5 Å². The molecule has 0 amide bonds. The molecule has 0 aromatic heterocycles. The smallest absolute Gasteiger partial charge is 0.365 e. The average Bonchev–Trinajstić information content (AvgIpc) is 2.46. The van der Waals surface area contributed by atoms with Gasteiger partial charge in [-0.1, -0.05) is 11.2 Å².